The number of fused-ring (bicyclic) bond motifs is 2. The highest BCUT2D eigenvalue weighted by Crippen LogP contribution is 2.34. The van der Waals surface area contributed by atoms with Crippen molar-refractivity contribution in [3.05, 3.63) is 53.1 Å². The Balaban J connectivity index is 1.29. The number of rotatable bonds is 5. The van der Waals surface area contributed by atoms with Gasteiger partial charge in [-0.25, -0.2) is 14.6 Å². The summed E-state index contributed by atoms with van der Waals surface area (Å²) in [6.07, 6.45) is 6.23. The zero-order valence-electron chi connectivity index (χ0n) is 16.3. The van der Waals surface area contributed by atoms with E-state index >= 15 is 0 Å². The molecule has 6 rings (SSSR count). The van der Waals surface area contributed by atoms with E-state index in [1.807, 2.05) is 17.2 Å². The topological polar surface area (TPSA) is 97.4 Å². The van der Waals surface area contributed by atoms with Crippen molar-refractivity contribution in [2.75, 3.05) is 24.2 Å². The first-order valence-electron chi connectivity index (χ1n) is 9.67. The number of amides is 1. The minimum atomic E-state index is -0.309. The summed E-state index contributed by atoms with van der Waals surface area (Å²) in [6, 6.07) is 8.67. The summed E-state index contributed by atoms with van der Waals surface area (Å²) in [6.45, 7) is 1.37. The number of hydrogen-bond donors (Lipinski definition) is 0. The Morgan fingerprint density at radius 3 is 2.80 bits per heavy atom. The van der Waals surface area contributed by atoms with Gasteiger partial charge in [0.15, 0.2) is 10.9 Å². The molecule has 1 amide bonds. The second kappa shape index (κ2) is 7.60. The predicted molar refractivity (Wildman–Crippen MR) is 111 cm³/mol. The quantitative estimate of drug-likeness (QED) is 0.449. The van der Waals surface area contributed by atoms with Crippen molar-refractivity contribution in [1.29, 1.82) is 0 Å². The molecule has 3 aliphatic heterocycles. The van der Waals surface area contributed by atoms with Crippen molar-refractivity contribution in [1.82, 2.24) is 24.6 Å². The molecule has 0 N–H and O–H groups in total. The third kappa shape index (κ3) is 3.36. The zero-order chi connectivity index (χ0) is 20.7. The van der Waals surface area contributed by atoms with Crippen molar-refractivity contribution in [2.24, 2.45) is 0 Å². The van der Waals surface area contributed by atoms with Crippen LogP contribution >= 0.6 is 11.8 Å². The van der Waals surface area contributed by atoms with Crippen LogP contribution in [0.15, 0.2) is 57.2 Å². The molecule has 30 heavy (non-hydrogen) atoms. The second-order valence-electron chi connectivity index (χ2n) is 7.34. The second-order valence-corrected chi connectivity index (χ2v) is 8.12. The molecule has 3 saturated heterocycles. The minimum Gasteiger partial charge on any atom is -0.463 e. The molecular formula is C20H20N6O3S. The maximum Gasteiger partial charge on any atom is 0.267 e. The van der Waals surface area contributed by atoms with Gasteiger partial charge in [0.05, 0.1) is 18.3 Å². The molecule has 2 unspecified atom stereocenters. The number of piperidine rings is 1. The van der Waals surface area contributed by atoms with E-state index in [0.717, 1.165) is 30.5 Å². The standard InChI is InChI=1S/C20H20N6O3S/c1-30-20-21-7-6-17(22-20)24-10-13-9-14(11-24)26(13)19(28)12-25-18(27)5-4-15(23-25)16-3-2-8-29-16/h2-8,13-14H,9-12H2,1H3. The molecule has 0 radical (unpaired) electrons. The lowest BCUT2D eigenvalue weighted by Crippen LogP contribution is -2.70. The lowest BCUT2D eigenvalue weighted by molar-refractivity contribution is -0.147. The first-order valence-corrected chi connectivity index (χ1v) is 10.9. The van der Waals surface area contributed by atoms with Crippen LogP contribution in [0, 0.1) is 0 Å². The number of anilines is 1. The number of aromatic nitrogens is 4. The Bertz CT molecular complexity index is 1120. The predicted octanol–water partition coefficient (Wildman–Crippen LogP) is 1.50. The Hall–Kier alpha value is -3.14. The smallest absolute Gasteiger partial charge is 0.267 e. The van der Waals surface area contributed by atoms with Gasteiger partial charge in [0, 0.05) is 25.4 Å². The monoisotopic (exact) mass is 424 g/mol. The Kier molecular flexibility index (Phi) is 4.78. The first kappa shape index (κ1) is 18.9. The molecule has 0 aliphatic carbocycles. The summed E-state index contributed by atoms with van der Waals surface area (Å²) in [5.41, 5.74) is 0.215. The van der Waals surface area contributed by atoms with Crippen molar-refractivity contribution in [3.8, 4) is 11.5 Å². The minimum absolute atomic E-state index is 0.0789. The maximum atomic E-state index is 13.0. The molecule has 9 nitrogen and oxygen atoms in total. The summed E-state index contributed by atoms with van der Waals surface area (Å²) in [5.74, 6) is 1.36. The molecule has 154 valence electrons. The molecule has 3 aromatic heterocycles. The summed E-state index contributed by atoms with van der Waals surface area (Å²) in [5, 5.41) is 5.04. The molecule has 0 spiro atoms. The number of carbonyl (C=O) groups is 1. The number of nitrogens with zero attached hydrogens (tertiary/aromatic N) is 6. The van der Waals surface area contributed by atoms with Crippen LogP contribution in [0.5, 0.6) is 0 Å². The molecule has 3 fully saturated rings. The largest absolute Gasteiger partial charge is 0.463 e. The van der Waals surface area contributed by atoms with Gasteiger partial charge in [0.2, 0.25) is 5.91 Å². The average Bonchev–Trinajstić information content (AvgIpc) is 3.30. The highest BCUT2D eigenvalue weighted by Gasteiger charge is 2.47. The molecule has 10 heteroatoms. The fourth-order valence-corrected chi connectivity index (χ4v) is 4.49. The average molecular weight is 424 g/mol. The number of furan rings is 1. The number of hydrogen-bond acceptors (Lipinski definition) is 8. The van der Waals surface area contributed by atoms with E-state index in [9.17, 15) is 9.59 Å². The van der Waals surface area contributed by atoms with Crippen LogP contribution in [-0.2, 0) is 11.3 Å². The van der Waals surface area contributed by atoms with Crippen LogP contribution in [0.3, 0.4) is 0 Å². The zero-order valence-corrected chi connectivity index (χ0v) is 17.2. The normalized spacial score (nSPS) is 20.2. The van der Waals surface area contributed by atoms with Crippen LogP contribution in [0.2, 0.25) is 0 Å². The Morgan fingerprint density at radius 1 is 1.23 bits per heavy atom. The van der Waals surface area contributed by atoms with Crippen molar-refractivity contribution >= 4 is 23.5 Å². The molecule has 3 aromatic rings. The number of piperazine rings is 1. The van der Waals surface area contributed by atoms with E-state index in [4.69, 9.17) is 4.42 Å². The van der Waals surface area contributed by atoms with Gasteiger partial charge in [0.25, 0.3) is 5.56 Å². The number of thioether (sulfide) groups is 1. The van der Waals surface area contributed by atoms with Gasteiger partial charge in [-0.3, -0.25) is 9.59 Å². The highest BCUT2D eigenvalue weighted by molar-refractivity contribution is 7.98. The van der Waals surface area contributed by atoms with E-state index in [0.29, 0.717) is 11.5 Å². The molecule has 0 aromatic carbocycles. The van der Waals surface area contributed by atoms with Gasteiger partial charge in [0.1, 0.15) is 18.1 Å². The lowest BCUT2D eigenvalue weighted by Gasteiger charge is -2.56. The van der Waals surface area contributed by atoms with E-state index < -0.39 is 0 Å². The fraction of sp³-hybridized carbons (Fsp3) is 0.350. The fourth-order valence-electron chi connectivity index (χ4n) is 4.14. The Morgan fingerprint density at radius 2 is 2.07 bits per heavy atom. The number of carbonyl (C=O) groups excluding carboxylic acids is 1. The van der Waals surface area contributed by atoms with Gasteiger partial charge in [-0.15, -0.1) is 0 Å². The van der Waals surface area contributed by atoms with E-state index in [1.54, 1.807) is 30.7 Å². The SMILES string of the molecule is CSc1nccc(N2CC3CC(C2)N3C(=O)Cn2nc(-c3ccco3)ccc2=O)n1. The van der Waals surface area contributed by atoms with Crippen molar-refractivity contribution in [2.45, 2.75) is 30.2 Å². The summed E-state index contributed by atoms with van der Waals surface area (Å²) < 4.78 is 6.55. The summed E-state index contributed by atoms with van der Waals surface area (Å²) >= 11 is 1.51. The summed E-state index contributed by atoms with van der Waals surface area (Å²) in [4.78, 5) is 38.1. The molecule has 2 bridgehead atoms. The Labute approximate surface area is 176 Å². The van der Waals surface area contributed by atoms with Gasteiger partial charge in [-0.05, 0) is 36.9 Å². The van der Waals surface area contributed by atoms with Crippen molar-refractivity contribution < 1.29 is 9.21 Å². The van der Waals surface area contributed by atoms with E-state index in [-0.39, 0.29) is 30.1 Å². The van der Waals surface area contributed by atoms with Crippen LogP contribution in [0.25, 0.3) is 11.5 Å². The van der Waals surface area contributed by atoms with Gasteiger partial charge >= 0.3 is 0 Å². The van der Waals surface area contributed by atoms with Crippen LogP contribution in [0.1, 0.15) is 6.42 Å². The molecule has 2 atom stereocenters. The van der Waals surface area contributed by atoms with E-state index in [1.165, 1.54) is 22.5 Å². The van der Waals surface area contributed by atoms with Crippen LogP contribution < -0.4 is 10.5 Å². The third-order valence-corrected chi connectivity index (χ3v) is 6.09. The molecule has 6 heterocycles. The molecule has 3 aliphatic rings. The van der Waals surface area contributed by atoms with Gasteiger partial charge in [-0.2, -0.15) is 5.10 Å². The van der Waals surface area contributed by atoms with Gasteiger partial charge < -0.3 is 14.2 Å². The lowest BCUT2D eigenvalue weighted by atomic mass is 9.87. The van der Waals surface area contributed by atoms with E-state index in [2.05, 4.69) is 20.0 Å². The highest BCUT2D eigenvalue weighted by atomic mass is 32.2. The van der Waals surface area contributed by atoms with Crippen LogP contribution in [0.4, 0.5) is 5.82 Å². The maximum absolute atomic E-state index is 13.0. The van der Waals surface area contributed by atoms with Crippen LogP contribution in [-0.4, -0.2) is 62.0 Å². The third-order valence-electron chi connectivity index (χ3n) is 5.53. The first-order chi connectivity index (χ1) is 14.6. The van der Waals surface area contributed by atoms with Crippen molar-refractivity contribution in [3.63, 3.8) is 0 Å². The molecular weight excluding hydrogens is 404 g/mol. The summed E-state index contributed by atoms with van der Waals surface area (Å²) in [7, 11) is 0. The van der Waals surface area contributed by atoms with Gasteiger partial charge in [-0.1, -0.05) is 11.8 Å². The molecule has 0 saturated carbocycles.